The van der Waals surface area contributed by atoms with Crippen LogP contribution in [0.15, 0.2) is 18.2 Å². The van der Waals surface area contributed by atoms with Gasteiger partial charge in [0.1, 0.15) is 0 Å². The molecule has 0 bridgehead atoms. The molecule has 4 nitrogen and oxygen atoms in total. The number of carbonyl (C=O) groups is 1. The third-order valence-corrected chi connectivity index (χ3v) is 5.10. The Morgan fingerprint density at radius 1 is 1.29 bits per heavy atom. The molecule has 2 rings (SSSR count). The number of nitrogens with zero attached hydrogens (tertiary/aromatic N) is 1. The first-order chi connectivity index (χ1) is 9.68. The average molecular weight is 332 g/mol. The molecule has 1 aliphatic carbocycles. The highest BCUT2D eigenvalue weighted by Crippen LogP contribution is 2.46. The van der Waals surface area contributed by atoms with Crippen molar-refractivity contribution in [3.05, 3.63) is 33.8 Å². The number of benzene rings is 1. The van der Waals surface area contributed by atoms with Gasteiger partial charge in [-0.3, -0.25) is 0 Å². The molecule has 2 unspecified atom stereocenters. The van der Waals surface area contributed by atoms with E-state index in [0.29, 0.717) is 29.3 Å². The number of carboxylic acid groups (broad SMARTS) is 1. The highest BCUT2D eigenvalue weighted by atomic mass is 35.5. The van der Waals surface area contributed by atoms with E-state index in [1.807, 2.05) is 0 Å². The molecule has 1 aromatic rings. The number of aliphatic hydroxyl groups is 1. The lowest BCUT2D eigenvalue weighted by Gasteiger charge is -2.48. The smallest absolute Gasteiger partial charge is 0.407 e. The minimum Gasteiger partial charge on any atom is -0.465 e. The predicted octanol–water partition coefficient (Wildman–Crippen LogP) is 4.12. The van der Waals surface area contributed by atoms with E-state index in [0.717, 1.165) is 12.0 Å². The molecule has 1 aromatic carbocycles. The predicted molar refractivity (Wildman–Crippen MR) is 83.0 cm³/mol. The van der Waals surface area contributed by atoms with Crippen LogP contribution in [-0.4, -0.2) is 33.9 Å². The van der Waals surface area contributed by atoms with Crippen molar-refractivity contribution in [3.63, 3.8) is 0 Å². The Kier molecular flexibility index (Phi) is 4.43. The Hall–Kier alpha value is -0.970. The summed E-state index contributed by atoms with van der Waals surface area (Å²) >= 11 is 12.0. The summed E-state index contributed by atoms with van der Waals surface area (Å²) in [6.07, 6.45) is 1.35. The summed E-state index contributed by atoms with van der Waals surface area (Å²) in [6.45, 7) is 1.74. The largest absolute Gasteiger partial charge is 0.465 e. The fourth-order valence-electron chi connectivity index (χ4n) is 3.26. The van der Waals surface area contributed by atoms with Crippen molar-refractivity contribution in [1.82, 2.24) is 4.90 Å². The molecule has 0 radical (unpaired) electrons. The molecule has 0 aromatic heterocycles. The Balaban J connectivity index is 2.54. The van der Waals surface area contributed by atoms with Gasteiger partial charge in [-0.25, -0.2) is 4.79 Å². The van der Waals surface area contributed by atoms with Gasteiger partial charge in [-0.1, -0.05) is 29.3 Å². The third kappa shape index (κ3) is 3.12. The maximum absolute atomic E-state index is 11.5. The summed E-state index contributed by atoms with van der Waals surface area (Å²) in [5.74, 6) is 0. The molecule has 0 spiro atoms. The number of halogens is 2. The topological polar surface area (TPSA) is 60.8 Å². The van der Waals surface area contributed by atoms with E-state index in [1.165, 1.54) is 11.9 Å². The standard InChI is InChI=1S/C15H19Cl2NO3/c1-14(21)6-3-7-15(9-14,18(2)13(19)20)10-4-5-11(16)12(17)8-10/h4-5,8,21H,3,6-7,9H2,1-2H3,(H,19,20). The second-order valence-electron chi connectivity index (χ2n) is 6.03. The zero-order chi connectivity index (χ0) is 15.8. The summed E-state index contributed by atoms with van der Waals surface area (Å²) in [6, 6.07) is 5.15. The van der Waals surface area contributed by atoms with Gasteiger partial charge in [0.2, 0.25) is 0 Å². The van der Waals surface area contributed by atoms with Gasteiger partial charge < -0.3 is 15.1 Å². The van der Waals surface area contributed by atoms with Crippen molar-refractivity contribution >= 4 is 29.3 Å². The highest BCUT2D eigenvalue weighted by molar-refractivity contribution is 6.42. The monoisotopic (exact) mass is 331 g/mol. The minimum atomic E-state index is -1.03. The Labute approximate surface area is 134 Å². The van der Waals surface area contributed by atoms with Crippen LogP contribution >= 0.6 is 23.2 Å². The van der Waals surface area contributed by atoms with Gasteiger partial charge in [-0.15, -0.1) is 0 Å². The summed E-state index contributed by atoms with van der Waals surface area (Å²) in [4.78, 5) is 12.8. The van der Waals surface area contributed by atoms with E-state index in [4.69, 9.17) is 23.2 Å². The molecule has 0 aliphatic heterocycles. The van der Waals surface area contributed by atoms with Gasteiger partial charge in [0.15, 0.2) is 0 Å². The SMILES string of the molecule is CN(C(=O)O)C1(c2ccc(Cl)c(Cl)c2)CCCC(C)(O)C1. The van der Waals surface area contributed by atoms with Crippen LogP contribution < -0.4 is 0 Å². The number of hydrogen-bond donors (Lipinski definition) is 2. The first-order valence-electron chi connectivity index (χ1n) is 6.83. The van der Waals surface area contributed by atoms with Crippen molar-refractivity contribution < 1.29 is 15.0 Å². The zero-order valence-corrected chi connectivity index (χ0v) is 13.6. The number of amides is 1. The summed E-state index contributed by atoms with van der Waals surface area (Å²) in [5, 5.41) is 20.7. The lowest BCUT2D eigenvalue weighted by Crippen LogP contribution is -2.53. The maximum atomic E-state index is 11.5. The molecule has 0 saturated heterocycles. The summed E-state index contributed by atoms with van der Waals surface area (Å²) < 4.78 is 0. The van der Waals surface area contributed by atoms with Crippen LogP contribution in [0, 0.1) is 0 Å². The van der Waals surface area contributed by atoms with E-state index in [2.05, 4.69) is 0 Å². The zero-order valence-electron chi connectivity index (χ0n) is 12.1. The van der Waals surface area contributed by atoms with Gasteiger partial charge in [0.25, 0.3) is 0 Å². The normalized spacial score (nSPS) is 29.2. The molecule has 1 amide bonds. The second-order valence-corrected chi connectivity index (χ2v) is 6.84. The van der Waals surface area contributed by atoms with E-state index in [9.17, 15) is 15.0 Å². The van der Waals surface area contributed by atoms with Crippen LogP contribution in [0.3, 0.4) is 0 Å². The third-order valence-electron chi connectivity index (χ3n) is 4.36. The Morgan fingerprint density at radius 3 is 2.48 bits per heavy atom. The Bertz CT molecular complexity index is 562. The van der Waals surface area contributed by atoms with Gasteiger partial charge >= 0.3 is 6.09 Å². The molecule has 116 valence electrons. The van der Waals surface area contributed by atoms with Crippen LogP contribution in [0.1, 0.15) is 38.2 Å². The van der Waals surface area contributed by atoms with Gasteiger partial charge in [-0.05, 0) is 43.9 Å². The lowest BCUT2D eigenvalue weighted by atomic mass is 9.69. The maximum Gasteiger partial charge on any atom is 0.407 e. The van der Waals surface area contributed by atoms with Crippen LogP contribution in [0.4, 0.5) is 4.79 Å². The molecule has 0 heterocycles. The molecule has 1 saturated carbocycles. The molecule has 2 atom stereocenters. The molecule has 2 N–H and O–H groups in total. The summed E-state index contributed by atoms with van der Waals surface area (Å²) in [7, 11) is 1.53. The molecule has 6 heteroatoms. The minimum absolute atomic E-state index is 0.334. The molecule has 21 heavy (non-hydrogen) atoms. The van der Waals surface area contributed by atoms with Crippen LogP contribution in [0.25, 0.3) is 0 Å². The van der Waals surface area contributed by atoms with Crippen LogP contribution in [0.5, 0.6) is 0 Å². The van der Waals surface area contributed by atoms with Crippen LogP contribution in [-0.2, 0) is 5.54 Å². The quantitative estimate of drug-likeness (QED) is 0.856. The average Bonchev–Trinajstić information content (AvgIpc) is 2.39. The number of hydrogen-bond acceptors (Lipinski definition) is 2. The highest BCUT2D eigenvalue weighted by Gasteiger charge is 2.47. The molecule has 1 fully saturated rings. The first kappa shape index (κ1) is 16.4. The van der Waals surface area contributed by atoms with Gasteiger partial charge in [0, 0.05) is 13.5 Å². The summed E-state index contributed by atoms with van der Waals surface area (Å²) in [5.41, 5.74) is -0.933. The molecule has 1 aliphatic rings. The van der Waals surface area contributed by atoms with Crippen molar-refractivity contribution in [2.24, 2.45) is 0 Å². The van der Waals surface area contributed by atoms with Crippen molar-refractivity contribution in [1.29, 1.82) is 0 Å². The molecular weight excluding hydrogens is 313 g/mol. The second kappa shape index (κ2) is 5.67. The van der Waals surface area contributed by atoms with E-state index in [-0.39, 0.29) is 0 Å². The Morgan fingerprint density at radius 2 is 1.95 bits per heavy atom. The fourth-order valence-corrected chi connectivity index (χ4v) is 3.56. The van der Waals surface area contributed by atoms with Crippen molar-refractivity contribution in [3.8, 4) is 0 Å². The van der Waals surface area contributed by atoms with E-state index < -0.39 is 17.2 Å². The van der Waals surface area contributed by atoms with Gasteiger partial charge in [0.05, 0.1) is 21.2 Å². The fraction of sp³-hybridized carbons (Fsp3) is 0.533. The first-order valence-corrected chi connectivity index (χ1v) is 7.58. The van der Waals surface area contributed by atoms with Crippen LogP contribution in [0.2, 0.25) is 10.0 Å². The van der Waals surface area contributed by atoms with E-state index >= 15 is 0 Å². The lowest BCUT2D eigenvalue weighted by molar-refractivity contribution is -0.0514. The van der Waals surface area contributed by atoms with E-state index in [1.54, 1.807) is 25.1 Å². The van der Waals surface area contributed by atoms with Gasteiger partial charge in [-0.2, -0.15) is 0 Å². The molecular formula is C15H19Cl2NO3. The van der Waals surface area contributed by atoms with Crippen molar-refractivity contribution in [2.45, 2.75) is 43.7 Å². The number of rotatable bonds is 2. The van der Waals surface area contributed by atoms with Crippen molar-refractivity contribution in [2.75, 3.05) is 7.05 Å².